The molecule has 7 heteroatoms. The van der Waals surface area contributed by atoms with Crippen molar-refractivity contribution in [1.29, 1.82) is 0 Å². The molecule has 0 spiro atoms. The van der Waals surface area contributed by atoms with E-state index in [-0.39, 0.29) is 17.9 Å². The Balaban J connectivity index is 1.20. The van der Waals surface area contributed by atoms with Gasteiger partial charge < -0.3 is 5.32 Å². The minimum absolute atomic E-state index is 0.133. The zero-order valence-corrected chi connectivity index (χ0v) is 17.7. The Kier molecular flexibility index (Phi) is 5.87. The average molecular weight is 412 g/mol. The fourth-order valence-electron chi connectivity index (χ4n) is 5.60. The number of imide groups is 1. The topological polar surface area (TPSA) is 67.9 Å². The van der Waals surface area contributed by atoms with Crippen LogP contribution in [0.5, 0.6) is 0 Å². The minimum atomic E-state index is -0.180. The first kappa shape index (κ1) is 20.1. The predicted molar refractivity (Wildman–Crippen MR) is 115 cm³/mol. The van der Waals surface area contributed by atoms with Crippen LogP contribution in [-0.4, -0.2) is 77.9 Å². The molecule has 2 unspecified atom stereocenters. The van der Waals surface area contributed by atoms with Gasteiger partial charge in [-0.25, -0.2) is 0 Å². The van der Waals surface area contributed by atoms with E-state index in [2.05, 4.69) is 43.5 Å². The van der Waals surface area contributed by atoms with Crippen LogP contribution in [0.4, 0.5) is 0 Å². The summed E-state index contributed by atoms with van der Waals surface area (Å²) in [7, 11) is 0. The highest BCUT2D eigenvalue weighted by molar-refractivity contribution is 6.00. The number of rotatable bonds is 4. The van der Waals surface area contributed by atoms with Crippen molar-refractivity contribution in [2.24, 2.45) is 0 Å². The summed E-state index contributed by atoms with van der Waals surface area (Å²) in [6.07, 6.45) is 3.68. The Labute approximate surface area is 178 Å². The lowest BCUT2D eigenvalue weighted by Gasteiger charge is -2.41. The first-order valence-electron chi connectivity index (χ1n) is 11.5. The molecule has 0 bridgehead atoms. The second-order valence-corrected chi connectivity index (χ2v) is 9.29. The largest absolute Gasteiger partial charge is 0.314 e. The number of piperidine rings is 2. The molecule has 1 aromatic carbocycles. The van der Waals surface area contributed by atoms with Crippen molar-refractivity contribution in [2.45, 2.75) is 57.4 Å². The molecule has 4 heterocycles. The van der Waals surface area contributed by atoms with Gasteiger partial charge in [0.25, 0.3) is 0 Å². The molecule has 162 valence electrons. The van der Waals surface area contributed by atoms with Gasteiger partial charge in [0, 0.05) is 64.8 Å². The molecular weight excluding hydrogens is 378 g/mol. The second kappa shape index (κ2) is 8.75. The zero-order chi connectivity index (χ0) is 20.5. The standard InChI is InChI=1S/C23H33N5O2/c29-22-6-5-21(23(30)25-22)28-14-18-4-3-17(12-19(18)15-28)13-26-9-1-2-20(16-26)27-10-7-24-8-11-27/h3-4,12,20-21,24H,1-2,5-11,13-16H2,(H,25,29,30). The van der Waals surface area contributed by atoms with Gasteiger partial charge in [0.1, 0.15) is 0 Å². The maximum absolute atomic E-state index is 12.2. The van der Waals surface area contributed by atoms with Gasteiger partial charge in [0.05, 0.1) is 6.04 Å². The van der Waals surface area contributed by atoms with E-state index < -0.39 is 0 Å². The van der Waals surface area contributed by atoms with E-state index in [1.165, 1.54) is 55.7 Å². The van der Waals surface area contributed by atoms with Gasteiger partial charge in [-0.05, 0) is 42.5 Å². The van der Waals surface area contributed by atoms with Crippen molar-refractivity contribution in [3.05, 3.63) is 34.9 Å². The van der Waals surface area contributed by atoms with E-state index in [0.717, 1.165) is 32.7 Å². The number of carbonyl (C=O) groups is 2. The summed E-state index contributed by atoms with van der Waals surface area (Å²) in [6.45, 7) is 9.54. The summed E-state index contributed by atoms with van der Waals surface area (Å²) in [6, 6.07) is 7.37. The number of nitrogens with one attached hydrogen (secondary N) is 2. The Hall–Kier alpha value is -1.80. The van der Waals surface area contributed by atoms with Gasteiger partial charge in [-0.3, -0.25) is 29.6 Å². The van der Waals surface area contributed by atoms with Crippen molar-refractivity contribution in [2.75, 3.05) is 39.3 Å². The summed E-state index contributed by atoms with van der Waals surface area (Å²) in [5.74, 6) is -0.276. The Morgan fingerprint density at radius 1 is 0.967 bits per heavy atom. The Morgan fingerprint density at radius 3 is 2.63 bits per heavy atom. The van der Waals surface area contributed by atoms with Crippen molar-refractivity contribution in [1.82, 2.24) is 25.3 Å². The van der Waals surface area contributed by atoms with E-state index in [4.69, 9.17) is 0 Å². The summed E-state index contributed by atoms with van der Waals surface area (Å²) >= 11 is 0. The first-order chi connectivity index (χ1) is 14.7. The first-order valence-corrected chi connectivity index (χ1v) is 11.5. The predicted octanol–water partition coefficient (Wildman–Crippen LogP) is 0.677. The lowest BCUT2D eigenvalue weighted by molar-refractivity contribution is -0.137. The molecule has 0 radical (unpaired) electrons. The quantitative estimate of drug-likeness (QED) is 0.711. The van der Waals surface area contributed by atoms with E-state index in [9.17, 15) is 9.59 Å². The molecule has 2 amide bonds. The monoisotopic (exact) mass is 411 g/mol. The molecule has 3 saturated heterocycles. The van der Waals surface area contributed by atoms with Crippen LogP contribution in [0.25, 0.3) is 0 Å². The van der Waals surface area contributed by atoms with Gasteiger partial charge in [-0.2, -0.15) is 0 Å². The maximum atomic E-state index is 12.2. The lowest BCUT2D eigenvalue weighted by atomic mass is 10.0. The molecule has 5 rings (SSSR count). The smallest absolute Gasteiger partial charge is 0.243 e. The molecule has 2 atom stereocenters. The number of hydrogen-bond donors (Lipinski definition) is 2. The van der Waals surface area contributed by atoms with Crippen LogP contribution in [0.1, 0.15) is 42.4 Å². The number of fused-ring (bicyclic) bond motifs is 1. The van der Waals surface area contributed by atoms with Crippen LogP contribution in [0.15, 0.2) is 18.2 Å². The third kappa shape index (κ3) is 4.30. The van der Waals surface area contributed by atoms with Crippen LogP contribution in [0.3, 0.4) is 0 Å². The Bertz CT molecular complexity index is 807. The van der Waals surface area contributed by atoms with Crippen LogP contribution in [0, 0.1) is 0 Å². The molecular formula is C23H33N5O2. The minimum Gasteiger partial charge on any atom is -0.314 e. The Morgan fingerprint density at radius 2 is 1.80 bits per heavy atom. The van der Waals surface area contributed by atoms with Gasteiger partial charge in [-0.1, -0.05) is 18.2 Å². The highest BCUT2D eigenvalue weighted by atomic mass is 16.2. The van der Waals surface area contributed by atoms with Crippen molar-refractivity contribution >= 4 is 11.8 Å². The van der Waals surface area contributed by atoms with Gasteiger partial charge in [0.2, 0.25) is 11.8 Å². The van der Waals surface area contributed by atoms with Crippen molar-refractivity contribution in [3.8, 4) is 0 Å². The molecule has 30 heavy (non-hydrogen) atoms. The van der Waals surface area contributed by atoms with E-state index in [0.29, 0.717) is 18.9 Å². The fraction of sp³-hybridized carbons (Fsp3) is 0.652. The number of likely N-dealkylation sites (tertiary alicyclic amines) is 1. The third-order valence-electron chi connectivity index (χ3n) is 7.22. The third-order valence-corrected chi connectivity index (χ3v) is 7.22. The molecule has 3 fully saturated rings. The summed E-state index contributed by atoms with van der Waals surface area (Å²) in [4.78, 5) is 31.2. The van der Waals surface area contributed by atoms with Crippen LogP contribution < -0.4 is 10.6 Å². The molecule has 7 nitrogen and oxygen atoms in total. The van der Waals surface area contributed by atoms with E-state index in [1.807, 2.05) is 0 Å². The maximum Gasteiger partial charge on any atom is 0.243 e. The highest BCUT2D eigenvalue weighted by Gasteiger charge is 2.35. The van der Waals surface area contributed by atoms with Crippen LogP contribution in [0.2, 0.25) is 0 Å². The van der Waals surface area contributed by atoms with Gasteiger partial charge >= 0.3 is 0 Å². The van der Waals surface area contributed by atoms with Crippen LogP contribution in [-0.2, 0) is 29.2 Å². The van der Waals surface area contributed by atoms with Crippen molar-refractivity contribution in [3.63, 3.8) is 0 Å². The SMILES string of the molecule is O=C1CCC(N2Cc3ccc(CN4CCCC(N5CCNCC5)C4)cc3C2)C(=O)N1. The lowest BCUT2D eigenvalue weighted by Crippen LogP contribution is -2.53. The number of amides is 2. The summed E-state index contributed by atoms with van der Waals surface area (Å²) < 4.78 is 0. The molecule has 0 aromatic heterocycles. The highest BCUT2D eigenvalue weighted by Crippen LogP contribution is 2.29. The van der Waals surface area contributed by atoms with E-state index >= 15 is 0 Å². The summed E-state index contributed by atoms with van der Waals surface area (Å²) in [5, 5.41) is 5.96. The van der Waals surface area contributed by atoms with Gasteiger partial charge in [-0.15, -0.1) is 0 Å². The fourth-order valence-corrected chi connectivity index (χ4v) is 5.60. The molecule has 1 aromatic rings. The van der Waals surface area contributed by atoms with Gasteiger partial charge in [0.15, 0.2) is 0 Å². The second-order valence-electron chi connectivity index (χ2n) is 9.29. The van der Waals surface area contributed by atoms with Crippen molar-refractivity contribution < 1.29 is 9.59 Å². The molecule has 4 aliphatic rings. The number of carbonyl (C=O) groups excluding carboxylic acids is 2. The molecule has 4 aliphatic heterocycles. The molecule has 0 saturated carbocycles. The number of hydrogen-bond acceptors (Lipinski definition) is 6. The average Bonchev–Trinajstić information content (AvgIpc) is 3.17. The molecule has 0 aliphatic carbocycles. The number of nitrogens with zero attached hydrogens (tertiary/aromatic N) is 3. The zero-order valence-electron chi connectivity index (χ0n) is 17.7. The van der Waals surface area contributed by atoms with E-state index in [1.54, 1.807) is 0 Å². The number of piperazine rings is 1. The molecule has 2 N–H and O–H groups in total. The normalized spacial score (nSPS) is 29.1. The number of benzene rings is 1. The summed E-state index contributed by atoms with van der Waals surface area (Å²) in [5.41, 5.74) is 4.04. The van der Waals surface area contributed by atoms with Crippen LogP contribution >= 0.6 is 0 Å².